The molecule has 12 heavy (non-hydrogen) atoms. The molecule has 0 radical (unpaired) electrons. The molecular formula is C4H8NNaO6. The largest absolute Gasteiger partial charge is 1.00 e. The fourth-order valence-corrected chi connectivity index (χ4v) is 0. The molecule has 0 bridgehead atoms. The maximum Gasteiger partial charge on any atom is 1.00 e. The molecular weight excluding hydrogens is 181 g/mol. The van der Waals surface area contributed by atoms with Crippen molar-refractivity contribution < 1.29 is 49.4 Å². The Hall–Kier alpha value is -0.660. The van der Waals surface area contributed by atoms with E-state index in [2.05, 4.69) is 0 Å². The number of hydrogen-bond donors (Lipinski definition) is 2. The monoisotopic (exact) mass is 189 g/mol. The van der Waals surface area contributed by atoms with Gasteiger partial charge in [0.1, 0.15) is 0 Å². The van der Waals surface area contributed by atoms with Crippen LogP contribution in [0.1, 0.15) is 13.8 Å². The van der Waals surface area contributed by atoms with Gasteiger partial charge >= 0.3 is 29.6 Å². The first-order valence-corrected chi connectivity index (χ1v) is 2.22. The number of carboxylic acid groups (broad SMARTS) is 2. The topological polar surface area (TPSA) is 127 Å². The van der Waals surface area contributed by atoms with Crippen LogP contribution in [0, 0.1) is 10.1 Å². The molecule has 0 saturated heterocycles. The predicted octanol–water partition coefficient (Wildman–Crippen LogP) is -2.56. The first-order chi connectivity index (χ1) is 4.88. The van der Waals surface area contributed by atoms with Gasteiger partial charge in [-0.05, 0) is 0 Å². The minimum atomic E-state index is -0.833. The SMILES string of the molecule is CC(=O)O.CC(=O)O.O=N[O-].[Na+]. The van der Waals surface area contributed by atoms with E-state index in [1.54, 1.807) is 0 Å². The molecule has 0 aliphatic rings. The van der Waals surface area contributed by atoms with Crippen molar-refractivity contribution in [2.45, 2.75) is 13.8 Å². The Labute approximate surface area is 90.6 Å². The average molecular weight is 189 g/mol. The summed E-state index contributed by atoms with van der Waals surface area (Å²) in [4.78, 5) is 26.0. The van der Waals surface area contributed by atoms with Crippen LogP contribution in [0.3, 0.4) is 0 Å². The molecule has 0 fully saturated rings. The second-order valence-electron chi connectivity index (χ2n) is 1.11. The molecule has 2 N–H and O–H groups in total. The van der Waals surface area contributed by atoms with E-state index in [1.165, 1.54) is 0 Å². The van der Waals surface area contributed by atoms with Gasteiger partial charge in [0.25, 0.3) is 11.9 Å². The van der Waals surface area contributed by atoms with E-state index in [0.29, 0.717) is 0 Å². The van der Waals surface area contributed by atoms with Gasteiger partial charge in [-0.3, -0.25) is 9.59 Å². The second kappa shape index (κ2) is 22.4. The number of carboxylic acids is 2. The summed E-state index contributed by atoms with van der Waals surface area (Å²) in [7, 11) is 0. The Morgan fingerprint density at radius 2 is 1.17 bits per heavy atom. The third kappa shape index (κ3) is 1490. The van der Waals surface area contributed by atoms with Gasteiger partial charge in [0.15, 0.2) is 0 Å². The normalized spacial score (nSPS) is 5.17. The van der Waals surface area contributed by atoms with Crippen LogP contribution in [0.2, 0.25) is 0 Å². The molecule has 0 aliphatic heterocycles. The maximum atomic E-state index is 9.00. The zero-order chi connectivity index (χ0) is 9.86. The molecule has 0 atom stereocenters. The first kappa shape index (κ1) is 22.5. The molecule has 0 aromatic rings. The number of carbonyl (C=O) groups is 2. The quantitative estimate of drug-likeness (QED) is 0.245. The molecule has 0 heterocycles. The van der Waals surface area contributed by atoms with Crippen LogP contribution < -0.4 is 29.6 Å². The molecule has 0 aliphatic carbocycles. The smallest absolute Gasteiger partial charge is 0.481 e. The van der Waals surface area contributed by atoms with Gasteiger partial charge in [-0.25, -0.2) is 0 Å². The summed E-state index contributed by atoms with van der Waals surface area (Å²) >= 11 is 0. The minimum Gasteiger partial charge on any atom is -0.481 e. The summed E-state index contributed by atoms with van der Waals surface area (Å²) in [6, 6.07) is 0. The summed E-state index contributed by atoms with van der Waals surface area (Å²) in [6.45, 7) is 2.17. The van der Waals surface area contributed by atoms with Gasteiger partial charge in [0.2, 0.25) is 0 Å². The average Bonchev–Trinajstić information content (AvgIpc) is 1.60. The van der Waals surface area contributed by atoms with Gasteiger partial charge in [-0.15, -0.1) is 5.34 Å². The Balaban J connectivity index is -0.0000000389. The van der Waals surface area contributed by atoms with Crippen LogP contribution in [-0.4, -0.2) is 22.2 Å². The van der Waals surface area contributed by atoms with Crippen LogP contribution in [0.4, 0.5) is 0 Å². The summed E-state index contributed by atoms with van der Waals surface area (Å²) in [5.41, 5.74) is 0. The molecule has 8 heteroatoms. The van der Waals surface area contributed by atoms with Crippen LogP contribution in [0.15, 0.2) is 5.34 Å². The van der Waals surface area contributed by atoms with Crippen molar-refractivity contribution in [2.24, 2.45) is 5.34 Å². The molecule has 66 valence electrons. The predicted molar refractivity (Wildman–Crippen MR) is 35.8 cm³/mol. The van der Waals surface area contributed by atoms with E-state index in [-0.39, 0.29) is 29.6 Å². The summed E-state index contributed by atoms with van der Waals surface area (Å²) in [5, 5.41) is 23.8. The molecule has 0 rings (SSSR count). The van der Waals surface area contributed by atoms with Gasteiger partial charge in [-0.1, -0.05) is 0 Å². The van der Waals surface area contributed by atoms with E-state index in [4.69, 9.17) is 29.9 Å². The zero-order valence-corrected chi connectivity index (χ0v) is 8.97. The van der Waals surface area contributed by atoms with Gasteiger partial charge in [-0.2, -0.15) is 0 Å². The Kier molecular flexibility index (Phi) is 42.1. The van der Waals surface area contributed by atoms with Crippen molar-refractivity contribution in [3.63, 3.8) is 0 Å². The second-order valence-corrected chi connectivity index (χ2v) is 1.11. The molecule has 0 saturated carbocycles. The molecule has 0 spiro atoms. The van der Waals surface area contributed by atoms with E-state index < -0.39 is 11.9 Å². The van der Waals surface area contributed by atoms with Gasteiger partial charge in [0, 0.05) is 13.8 Å². The Morgan fingerprint density at radius 1 is 1.17 bits per heavy atom. The van der Waals surface area contributed by atoms with Crippen molar-refractivity contribution in [3.05, 3.63) is 10.1 Å². The Bertz CT molecular complexity index is 107. The minimum absolute atomic E-state index is 0. The zero-order valence-electron chi connectivity index (χ0n) is 6.97. The number of hydrogen-bond acceptors (Lipinski definition) is 5. The first-order valence-electron chi connectivity index (χ1n) is 2.22. The van der Waals surface area contributed by atoms with E-state index in [9.17, 15) is 0 Å². The standard InChI is InChI=1S/2C2H4O2.HNO2.Na/c2*1-2(3)4;2-1-3;/h2*1H3,(H,3,4);(H,2,3);/q;;;+1/p-1. The molecule has 7 nitrogen and oxygen atoms in total. The van der Waals surface area contributed by atoms with E-state index in [1.807, 2.05) is 0 Å². The third-order valence-electron chi connectivity index (χ3n) is 0. The molecule has 0 aromatic heterocycles. The van der Waals surface area contributed by atoms with Crippen LogP contribution >= 0.6 is 0 Å². The van der Waals surface area contributed by atoms with Crippen LogP contribution in [0.25, 0.3) is 0 Å². The number of nitrogens with zero attached hydrogens (tertiary/aromatic N) is 1. The number of aliphatic carboxylic acids is 2. The fourth-order valence-electron chi connectivity index (χ4n) is 0. The molecule has 0 unspecified atom stereocenters. The molecule has 0 aromatic carbocycles. The van der Waals surface area contributed by atoms with Crippen molar-refractivity contribution in [1.29, 1.82) is 0 Å². The third-order valence-corrected chi connectivity index (χ3v) is 0. The Morgan fingerprint density at radius 3 is 1.17 bits per heavy atom. The van der Waals surface area contributed by atoms with Crippen LogP contribution in [0.5, 0.6) is 0 Å². The van der Waals surface area contributed by atoms with E-state index >= 15 is 0 Å². The van der Waals surface area contributed by atoms with Gasteiger partial charge < -0.3 is 20.3 Å². The molecule has 0 amide bonds. The van der Waals surface area contributed by atoms with Crippen molar-refractivity contribution in [2.75, 3.05) is 0 Å². The maximum absolute atomic E-state index is 9.00. The fraction of sp³-hybridized carbons (Fsp3) is 0.500. The van der Waals surface area contributed by atoms with Gasteiger partial charge in [0.05, 0.1) is 0 Å². The number of rotatable bonds is 0. The van der Waals surface area contributed by atoms with Crippen molar-refractivity contribution in [1.82, 2.24) is 0 Å². The van der Waals surface area contributed by atoms with Crippen molar-refractivity contribution in [3.8, 4) is 0 Å². The van der Waals surface area contributed by atoms with E-state index in [0.717, 1.165) is 19.2 Å². The summed E-state index contributed by atoms with van der Waals surface area (Å²) < 4.78 is 0. The van der Waals surface area contributed by atoms with Crippen molar-refractivity contribution >= 4 is 11.9 Å². The van der Waals surface area contributed by atoms with Crippen LogP contribution in [-0.2, 0) is 9.59 Å². The summed E-state index contributed by atoms with van der Waals surface area (Å²) in [5.74, 6) is -1.67. The summed E-state index contributed by atoms with van der Waals surface area (Å²) in [6.07, 6.45) is 0.